The smallest absolute Gasteiger partial charge is 0.366 e. The van der Waals surface area contributed by atoms with Crippen LogP contribution in [0.15, 0.2) is 65.9 Å². The monoisotopic (exact) mass is 484 g/mol. The van der Waals surface area contributed by atoms with Gasteiger partial charge in [0, 0.05) is 11.4 Å². The van der Waals surface area contributed by atoms with E-state index in [1.165, 1.54) is 19.1 Å². The molecule has 3 unspecified atom stereocenters. The van der Waals surface area contributed by atoms with Crippen molar-refractivity contribution in [3.63, 3.8) is 0 Å². The topological polar surface area (TPSA) is 73.5 Å². The number of amides is 2. The number of allylic oxidation sites excluding steroid dienone is 1. The molecule has 0 aromatic heterocycles. The van der Waals surface area contributed by atoms with Crippen LogP contribution < -0.4 is 16.1 Å². The van der Waals surface area contributed by atoms with E-state index in [1.807, 2.05) is 0 Å². The molecule has 3 atom stereocenters. The number of halogens is 6. The molecule has 2 aromatic rings. The van der Waals surface area contributed by atoms with E-state index in [0.717, 1.165) is 29.3 Å². The van der Waals surface area contributed by atoms with Gasteiger partial charge in [0.05, 0.1) is 11.5 Å². The molecule has 2 aromatic carbocycles. The number of benzene rings is 2. The molecule has 6 nitrogen and oxygen atoms in total. The van der Waals surface area contributed by atoms with E-state index in [2.05, 4.69) is 16.1 Å². The third-order valence-corrected chi connectivity index (χ3v) is 5.66. The highest BCUT2D eigenvalue weighted by Crippen LogP contribution is 2.41. The molecule has 180 valence electrons. The van der Waals surface area contributed by atoms with E-state index in [-0.39, 0.29) is 11.4 Å². The molecule has 1 saturated heterocycles. The van der Waals surface area contributed by atoms with Gasteiger partial charge < -0.3 is 10.6 Å². The number of hydrogen-bond acceptors (Lipinski definition) is 4. The van der Waals surface area contributed by atoms with Crippen LogP contribution in [-0.2, 0) is 15.8 Å². The maximum Gasteiger partial charge on any atom is 0.416 e. The van der Waals surface area contributed by atoms with Crippen molar-refractivity contribution in [2.75, 3.05) is 5.32 Å². The van der Waals surface area contributed by atoms with E-state index >= 15 is 0 Å². The van der Waals surface area contributed by atoms with Crippen molar-refractivity contribution in [2.45, 2.75) is 37.4 Å². The lowest BCUT2D eigenvalue weighted by Gasteiger charge is -2.34. The summed E-state index contributed by atoms with van der Waals surface area (Å²) < 4.78 is 79.6. The van der Waals surface area contributed by atoms with Crippen LogP contribution in [0, 0.1) is 0 Å². The molecule has 2 aliphatic heterocycles. The highest BCUT2D eigenvalue weighted by molar-refractivity contribution is 6.23. The fraction of sp³-hybridized carbons (Fsp3) is 0.273. The Morgan fingerprint density at radius 3 is 2.15 bits per heavy atom. The lowest BCUT2D eigenvalue weighted by Crippen LogP contribution is -2.56. The van der Waals surface area contributed by atoms with Crippen molar-refractivity contribution < 1.29 is 35.9 Å². The number of rotatable bonds is 3. The van der Waals surface area contributed by atoms with Gasteiger partial charge in [0.1, 0.15) is 17.8 Å². The first-order valence-corrected chi connectivity index (χ1v) is 10.1. The third kappa shape index (κ3) is 4.32. The van der Waals surface area contributed by atoms with Crippen LogP contribution >= 0.6 is 0 Å². The number of hydrogen-bond donors (Lipinski definition) is 3. The first-order valence-electron chi connectivity index (χ1n) is 10.1. The van der Waals surface area contributed by atoms with Crippen LogP contribution in [0.25, 0.3) is 0 Å². The van der Waals surface area contributed by atoms with Gasteiger partial charge in [-0.15, -0.1) is 0 Å². The average Bonchev–Trinajstić information content (AvgIpc) is 3.14. The Balaban J connectivity index is 1.61. The molecule has 12 heteroatoms. The van der Waals surface area contributed by atoms with Gasteiger partial charge in [0.2, 0.25) is 0 Å². The Bertz CT molecular complexity index is 1130. The summed E-state index contributed by atoms with van der Waals surface area (Å²) in [7, 11) is 0. The molecule has 2 amide bonds. The summed E-state index contributed by atoms with van der Waals surface area (Å²) in [5.74, 6) is -3.15. The van der Waals surface area contributed by atoms with E-state index in [4.69, 9.17) is 0 Å². The Kier molecular flexibility index (Phi) is 5.80. The van der Waals surface area contributed by atoms with Crippen molar-refractivity contribution in [1.82, 2.24) is 15.8 Å². The number of carbonyl (C=O) groups is 2. The molecule has 2 aliphatic rings. The lowest BCUT2D eigenvalue weighted by atomic mass is 9.89. The van der Waals surface area contributed by atoms with Gasteiger partial charge in [-0.25, -0.2) is 10.4 Å². The van der Waals surface area contributed by atoms with Crippen molar-refractivity contribution in [1.29, 1.82) is 0 Å². The molecule has 0 bridgehead atoms. The van der Waals surface area contributed by atoms with E-state index in [1.54, 1.807) is 18.2 Å². The zero-order valence-electron chi connectivity index (χ0n) is 17.5. The van der Waals surface area contributed by atoms with Crippen LogP contribution in [0.4, 0.5) is 32.0 Å². The molecular weight excluding hydrogens is 466 g/mol. The molecule has 0 spiro atoms. The van der Waals surface area contributed by atoms with E-state index < -0.39 is 53.4 Å². The number of carbonyl (C=O) groups excluding carboxylic acids is 2. The van der Waals surface area contributed by atoms with Crippen molar-refractivity contribution in [3.05, 3.63) is 77.0 Å². The van der Waals surface area contributed by atoms with Crippen LogP contribution in [-0.4, -0.2) is 35.2 Å². The SMILES string of the molecule is CC1=C(C(=O)Nc2ccc(C(F)(F)F)cc2)C(=O)N2NC(C(F)(F)F)C(c3ccccc3)C2N1. The quantitative estimate of drug-likeness (QED) is 0.457. The largest absolute Gasteiger partial charge is 0.416 e. The van der Waals surface area contributed by atoms with Gasteiger partial charge in [0.15, 0.2) is 0 Å². The molecule has 1 fully saturated rings. The Labute approximate surface area is 189 Å². The summed E-state index contributed by atoms with van der Waals surface area (Å²) >= 11 is 0. The molecule has 0 aliphatic carbocycles. The highest BCUT2D eigenvalue weighted by Gasteiger charge is 2.58. The van der Waals surface area contributed by atoms with Gasteiger partial charge >= 0.3 is 12.4 Å². The van der Waals surface area contributed by atoms with Gasteiger partial charge in [-0.3, -0.25) is 9.59 Å². The third-order valence-electron chi connectivity index (χ3n) is 5.66. The zero-order chi connectivity index (χ0) is 24.8. The zero-order valence-corrected chi connectivity index (χ0v) is 17.5. The molecule has 4 rings (SSSR count). The Morgan fingerprint density at radius 2 is 1.59 bits per heavy atom. The predicted molar refractivity (Wildman–Crippen MR) is 109 cm³/mol. The van der Waals surface area contributed by atoms with Gasteiger partial charge in [-0.05, 0) is 36.8 Å². The predicted octanol–water partition coefficient (Wildman–Crippen LogP) is 3.91. The first kappa shape index (κ1) is 23.6. The highest BCUT2D eigenvalue weighted by atomic mass is 19.4. The second-order valence-corrected chi connectivity index (χ2v) is 7.88. The van der Waals surface area contributed by atoms with Gasteiger partial charge in [0.25, 0.3) is 11.8 Å². The summed E-state index contributed by atoms with van der Waals surface area (Å²) in [5, 5.41) is 5.87. The maximum absolute atomic E-state index is 13.8. The Morgan fingerprint density at radius 1 is 0.971 bits per heavy atom. The molecule has 34 heavy (non-hydrogen) atoms. The van der Waals surface area contributed by atoms with Crippen LogP contribution in [0.2, 0.25) is 0 Å². The van der Waals surface area contributed by atoms with Crippen molar-refractivity contribution >= 4 is 17.5 Å². The molecule has 0 saturated carbocycles. The average molecular weight is 484 g/mol. The number of nitrogens with zero attached hydrogens (tertiary/aromatic N) is 1. The van der Waals surface area contributed by atoms with Crippen molar-refractivity contribution in [2.24, 2.45) is 0 Å². The number of alkyl halides is 6. The number of nitrogens with one attached hydrogen (secondary N) is 3. The number of fused-ring (bicyclic) bond motifs is 1. The molecular formula is C22H18F6N4O2. The summed E-state index contributed by atoms with van der Waals surface area (Å²) in [4.78, 5) is 25.8. The number of hydrazine groups is 1. The molecule has 0 radical (unpaired) electrons. The first-order chi connectivity index (χ1) is 15.9. The minimum atomic E-state index is -4.70. The normalized spacial score (nSPS) is 23.0. The standard InChI is InChI=1S/C22H18F6N4O2/c1-11-15(19(33)30-14-9-7-13(8-10-14)21(23,24)25)20(34)32-18(29-11)16(12-5-3-2-4-6-12)17(31-32)22(26,27)28/h2-10,16-18,29,31H,1H3,(H,30,33). The second kappa shape index (κ2) is 8.35. The van der Waals surface area contributed by atoms with Gasteiger partial charge in [-0.2, -0.15) is 26.3 Å². The van der Waals surface area contributed by atoms with Crippen LogP contribution in [0.1, 0.15) is 24.0 Å². The number of anilines is 1. The minimum absolute atomic E-state index is 0.0158. The second-order valence-electron chi connectivity index (χ2n) is 7.88. The van der Waals surface area contributed by atoms with Crippen molar-refractivity contribution in [3.8, 4) is 0 Å². The van der Waals surface area contributed by atoms with Crippen LogP contribution in [0.3, 0.4) is 0 Å². The van der Waals surface area contributed by atoms with E-state index in [0.29, 0.717) is 5.56 Å². The molecule has 2 heterocycles. The summed E-state index contributed by atoms with van der Waals surface area (Å²) in [5.41, 5.74) is 1.17. The lowest BCUT2D eigenvalue weighted by molar-refractivity contribution is -0.161. The summed E-state index contributed by atoms with van der Waals surface area (Å²) in [6.45, 7) is 1.37. The van der Waals surface area contributed by atoms with Crippen LogP contribution in [0.5, 0.6) is 0 Å². The Hall–Kier alpha value is -3.54. The van der Waals surface area contributed by atoms with Gasteiger partial charge in [-0.1, -0.05) is 30.3 Å². The molecule has 3 N–H and O–H groups in total. The summed E-state index contributed by atoms with van der Waals surface area (Å²) in [6, 6.07) is 9.31. The van der Waals surface area contributed by atoms with E-state index in [9.17, 15) is 35.9 Å². The minimum Gasteiger partial charge on any atom is -0.366 e. The summed E-state index contributed by atoms with van der Waals surface area (Å²) in [6.07, 6.45) is -10.4. The fourth-order valence-electron chi connectivity index (χ4n) is 4.10. The maximum atomic E-state index is 13.8. The fourth-order valence-corrected chi connectivity index (χ4v) is 4.10.